The standard InChI is InChI=1S/C21H32N2O3/c1-26-19-9-5-8-18(16-19)21(25)10-13-23(14-11-21)15-12-22-20(24)17-6-3-2-4-7-17/h5,8-9,16-17,25H,2-4,6-7,10-15H2,1H3,(H,22,24). The fraction of sp³-hybridized carbons (Fsp3) is 0.667. The molecule has 1 saturated carbocycles. The molecular formula is C21H32N2O3. The van der Waals surface area contributed by atoms with Crippen LogP contribution in [0.2, 0.25) is 0 Å². The largest absolute Gasteiger partial charge is 0.497 e. The second kappa shape index (κ2) is 8.87. The van der Waals surface area contributed by atoms with Gasteiger partial charge in [-0.25, -0.2) is 0 Å². The number of amides is 1. The number of ether oxygens (including phenoxy) is 1. The lowest BCUT2D eigenvalue weighted by Crippen LogP contribution is -2.45. The Morgan fingerprint density at radius 1 is 1.27 bits per heavy atom. The molecule has 1 heterocycles. The SMILES string of the molecule is COc1cccc(C2(O)CCN(CCNC(=O)C3CCCCC3)CC2)c1. The first-order chi connectivity index (χ1) is 12.6. The van der Waals surface area contributed by atoms with Crippen molar-refractivity contribution in [2.45, 2.75) is 50.5 Å². The third-order valence-electron chi connectivity index (χ3n) is 5.99. The van der Waals surface area contributed by atoms with E-state index in [1.165, 1.54) is 19.3 Å². The smallest absolute Gasteiger partial charge is 0.223 e. The van der Waals surface area contributed by atoms with Crippen LogP contribution in [0.1, 0.15) is 50.5 Å². The summed E-state index contributed by atoms with van der Waals surface area (Å²) in [6.07, 6.45) is 7.15. The van der Waals surface area contributed by atoms with Gasteiger partial charge in [-0.2, -0.15) is 0 Å². The molecule has 5 heteroatoms. The minimum absolute atomic E-state index is 0.225. The number of hydrogen-bond donors (Lipinski definition) is 2. The Balaban J connectivity index is 1.42. The first-order valence-corrected chi connectivity index (χ1v) is 9.98. The first-order valence-electron chi connectivity index (χ1n) is 9.98. The molecule has 2 aliphatic rings. The topological polar surface area (TPSA) is 61.8 Å². The lowest BCUT2D eigenvalue weighted by molar-refractivity contribution is -0.126. The molecule has 1 saturated heterocycles. The monoisotopic (exact) mass is 360 g/mol. The van der Waals surface area contributed by atoms with Crippen molar-refractivity contribution in [1.82, 2.24) is 10.2 Å². The Bertz CT molecular complexity index is 591. The molecule has 0 unspecified atom stereocenters. The van der Waals surface area contributed by atoms with Gasteiger partial charge in [0.2, 0.25) is 5.91 Å². The van der Waals surface area contributed by atoms with Gasteiger partial charge in [-0.15, -0.1) is 0 Å². The van der Waals surface area contributed by atoms with Crippen LogP contribution < -0.4 is 10.1 Å². The summed E-state index contributed by atoms with van der Waals surface area (Å²) in [5, 5.41) is 14.1. The number of nitrogens with one attached hydrogen (secondary N) is 1. The van der Waals surface area contributed by atoms with Gasteiger partial charge in [0, 0.05) is 32.1 Å². The van der Waals surface area contributed by atoms with Gasteiger partial charge in [-0.1, -0.05) is 31.4 Å². The van der Waals surface area contributed by atoms with Crippen molar-refractivity contribution in [2.24, 2.45) is 5.92 Å². The minimum atomic E-state index is -0.781. The highest BCUT2D eigenvalue weighted by atomic mass is 16.5. The summed E-state index contributed by atoms with van der Waals surface area (Å²) >= 11 is 0. The van der Waals surface area contributed by atoms with Crippen molar-refractivity contribution in [2.75, 3.05) is 33.3 Å². The maximum absolute atomic E-state index is 12.2. The zero-order valence-electron chi connectivity index (χ0n) is 15.9. The predicted octanol–water partition coefficient (Wildman–Crippen LogP) is 2.68. The van der Waals surface area contributed by atoms with E-state index in [2.05, 4.69) is 10.2 Å². The summed E-state index contributed by atoms with van der Waals surface area (Å²) in [5.41, 5.74) is 0.151. The molecule has 1 aliphatic carbocycles. The average Bonchev–Trinajstić information content (AvgIpc) is 2.70. The van der Waals surface area contributed by atoms with Crippen molar-refractivity contribution >= 4 is 5.91 Å². The zero-order valence-corrected chi connectivity index (χ0v) is 15.9. The molecule has 3 rings (SSSR count). The number of rotatable bonds is 6. The molecular weight excluding hydrogens is 328 g/mol. The molecule has 0 aromatic heterocycles. The first kappa shape index (κ1) is 19.2. The number of carbonyl (C=O) groups is 1. The fourth-order valence-electron chi connectivity index (χ4n) is 4.19. The Morgan fingerprint density at radius 2 is 2.00 bits per heavy atom. The maximum Gasteiger partial charge on any atom is 0.223 e. The quantitative estimate of drug-likeness (QED) is 0.819. The van der Waals surface area contributed by atoms with Gasteiger partial charge < -0.3 is 20.1 Å². The fourth-order valence-corrected chi connectivity index (χ4v) is 4.19. The van der Waals surface area contributed by atoms with E-state index in [1.807, 2.05) is 24.3 Å². The highest BCUT2D eigenvalue weighted by Gasteiger charge is 2.34. The summed E-state index contributed by atoms with van der Waals surface area (Å²) in [5.74, 6) is 1.24. The number of methoxy groups -OCH3 is 1. The van der Waals surface area contributed by atoms with Gasteiger partial charge >= 0.3 is 0 Å². The normalized spacial score (nSPS) is 21.3. The molecule has 26 heavy (non-hydrogen) atoms. The van der Waals surface area contributed by atoms with E-state index >= 15 is 0 Å². The number of carbonyl (C=O) groups excluding carboxylic acids is 1. The van der Waals surface area contributed by atoms with E-state index in [1.54, 1.807) is 7.11 Å². The lowest BCUT2D eigenvalue weighted by atomic mass is 9.84. The van der Waals surface area contributed by atoms with Gasteiger partial charge in [0.25, 0.3) is 0 Å². The number of benzene rings is 1. The predicted molar refractivity (Wildman–Crippen MR) is 102 cm³/mol. The molecule has 1 aliphatic heterocycles. The van der Waals surface area contributed by atoms with Gasteiger partial charge in [0.1, 0.15) is 5.75 Å². The molecule has 0 bridgehead atoms. The zero-order chi connectivity index (χ0) is 18.4. The molecule has 2 N–H and O–H groups in total. The molecule has 0 spiro atoms. The lowest BCUT2D eigenvalue weighted by Gasteiger charge is -2.38. The van der Waals surface area contributed by atoms with Crippen molar-refractivity contribution in [3.63, 3.8) is 0 Å². The summed E-state index contributed by atoms with van der Waals surface area (Å²) in [4.78, 5) is 14.5. The summed E-state index contributed by atoms with van der Waals surface area (Å²) in [6.45, 7) is 3.24. The third kappa shape index (κ3) is 4.77. The van der Waals surface area contributed by atoms with Crippen molar-refractivity contribution < 1.29 is 14.6 Å². The number of aliphatic hydroxyl groups is 1. The second-order valence-electron chi connectivity index (χ2n) is 7.73. The molecule has 2 fully saturated rings. The van der Waals surface area contributed by atoms with E-state index in [0.29, 0.717) is 19.4 Å². The number of likely N-dealkylation sites (tertiary alicyclic amines) is 1. The van der Waals surface area contributed by atoms with Crippen LogP contribution in [0.15, 0.2) is 24.3 Å². The minimum Gasteiger partial charge on any atom is -0.497 e. The molecule has 5 nitrogen and oxygen atoms in total. The van der Waals surface area contributed by atoms with Crippen LogP contribution in [-0.4, -0.2) is 49.2 Å². The van der Waals surface area contributed by atoms with Gasteiger partial charge in [-0.05, 0) is 43.4 Å². The number of nitrogens with zero attached hydrogens (tertiary/aromatic N) is 1. The van der Waals surface area contributed by atoms with E-state index < -0.39 is 5.60 Å². The molecule has 144 valence electrons. The Hall–Kier alpha value is -1.59. The molecule has 1 aromatic rings. The van der Waals surface area contributed by atoms with Crippen LogP contribution in [0.5, 0.6) is 5.75 Å². The van der Waals surface area contributed by atoms with Crippen molar-refractivity contribution in [3.8, 4) is 5.75 Å². The Morgan fingerprint density at radius 3 is 2.69 bits per heavy atom. The summed E-state index contributed by atoms with van der Waals surface area (Å²) in [6, 6.07) is 7.74. The van der Waals surface area contributed by atoms with Crippen molar-refractivity contribution in [3.05, 3.63) is 29.8 Å². The highest BCUT2D eigenvalue weighted by molar-refractivity contribution is 5.78. The van der Waals surface area contributed by atoms with Crippen LogP contribution in [0.3, 0.4) is 0 Å². The average molecular weight is 360 g/mol. The van der Waals surface area contributed by atoms with Crippen LogP contribution in [-0.2, 0) is 10.4 Å². The van der Waals surface area contributed by atoms with Gasteiger partial charge in [-0.3, -0.25) is 4.79 Å². The van der Waals surface area contributed by atoms with E-state index in [0.717, 1.165) is 43.8 Å². The van der Waals surface area contributed by atoms with Gasteiger partial charge in [0.15, 0.2) is 0 Å². The van der Waals surface area contributed by atoms with Crippen LogP contribution in [0, 0.1) is 5.92 Å². The molecule has 0 atom stereocenters. The second-order valence-corrected chi connectivity index (χ2v) is 7.73. The van der Waals surface area contributed by atoms with E-state index in [4.69, 9.17) is 4.74 Å². The van der Waals surface area contributed by atoms with E-state index in [-0.39, 0.29) is 11.8 Å². The van der Waals surface area contributed by atoms with Gasteiger partial charge in [0.05, 0.1) is 12.7 Å². The van der Waals surface area contributed by atoms with Crippen LogP contribution >= 0.6 is 0 Å². The number of piperidine rings is 1. The molecule has 1 aromatic carbocycles. The molecule has 1 amide bonds. The summed E-state index contributed by atoms with van der Waals surface area (Å²) < 4.78 is 5.28. The number of hydrogen-bond acceptors (Lipinski definition) is 4. The van der Waals surface area contributed by atoms with Crippen LogP contribution in [0.25, 0.3) is 0 Å². The highest BCUT2D eigenvalue weighted by Crippen LogP contribution is 2.34. The Kier molecular flexibility index (Phi) is 6.54. The maximum atomic E-state index is 12.2. The summed E-state index contributed by atoms with van der Waals surface area (Å²) in [7, 11) is 1.65. The van der Waals surface area contributed by atoms with E-state index in [9.17, 15) is 9.90 Å². The van der Waals surface area contributed by atoms with Crippen molar-refractivity contribution in [1.29, 1.82) is 0 Å². The molecule has 0 radical (unpaired) electrons. The van der Waals surface area contributed by atoms with Crippen LogP contribution in [0.4, 0.5) is 0 Å². The Labute approximate surface area is 156 Å². The third-order valence-corrected chi connectivity index (χ3v) is 5.99.